The molecule has 0 bridgehead atoms. The lowest BCUT2D eigenvalue weighted by atomic mass is 9.70. The molecule has 33 heavy (non-hydrogen) atoms. The van der Waals surface area contributed by atoms with Crippen LogP contribution in [-0.4, -0.2) is 57.3 Å². The Bertz CT molecular complexity index is 1000. The molecule has 1 aliphatic carbocycles. The first-order valence-electron chi connectivity index (χ1n) is 10.7. The fourth-order valence-corrected chi connectivity index (χ4v) is 4.43. The fraction of sp³-hybridized carbons (Fsp3) is 0.500. The Morgan fingerprint density at radius 1 is 1.24 bits per heavy atom. The van der Waals surface area contributed by atoms with Crippen molar-refractivity contribution in [3.8, 4) is 0 Å². The second-order valence-electron chi connectivity index (χ2n) is 8.72. The third-order valence-corrected chi connectivity index (χ3v) is 6.18. The summed E-state index contributed by atoms with van der Waals surface area (Å²) in [6.45, 7) is 5.89. The SMILES string of the molecule is CC(=O)O[C@@]1(C)C(=O)C=C2C(=CO[C@@]3(O[C@@H](C)CC[C@H]3O)[C@@H]2C/C=C(C)/C=C/C(=O)O)C1=O. The summed E-state index contributed by atoms with van der Waals surface area (Å²) in [5.74, 6) is -5.56. The number of carboxylic acid groups (broad SMARTS) is 1. The summed E-state index contributed by atoms with van der Waals surface area (Å²) in [6, 6.07) is 0. The molecular weight excluding hydrogens is 432 g/mol. The number of aliphatic carboxylic acids is 1. The van der Waals surface area contributed by atoms with Gasteiger partial charge < -0.3 is 24.4 Å². The summed E-state index contributed by atoms with van der Waals surface area (Å²) in [5, 5.41) is 19.8. The van der Waals surface area contributed by atoms with Crippen LogP contribution >= 0.6 is 0 Å². The van der Waals surface area contributed by atoms with Gasteiger partial charge in [-0.2, -0.15) is 0 Å². The minimum Gasteiger partial charge on any atom is -0.478 e. The van der Waals surface area contributed by atoms with Crippen LogP contribution in [0.5, 0.6) is 0 Å². The molecule has 2 aliphatic heterocycles. The van der Waals surface area contributed by atoms with Gasteiger partial charge in [-0.05, 0) is 51.7 Å². The predicted molar refractivity (Wildman–Crippen MR) is 115 cm³/mol. The van der Waals surface area contributed by atoms with Crippen molar-refractivity contribution < 1.29 is 43.6 Å². The van der Waals surface area contributed by atoms with Crippen LogP contribution in [0.1, 0.15) is 47.0 Å². The number of fused-ring (bicyclic) bond motifs is 1. The molecule has 3 aliphatic rings. The van der Waals surface area contributed by atoms with E-state index in [0.717, 1.165) is 13.0 Å². The maximum absolute atomic E-state index is 13.2. The van der Waals surface area contributed by atoms with Crippen molar-refractivity contribution in [3.63, 3.8) is 0 Å². The lowest BCUT2D eigenvalue weighted by Crippen LogP contribution is -2.60. The van der Waals surface area contributed by atoms with Crippen molar-refractivity contribution in [2.75, 3.05) is 0 Å². The van der Waals surface area contributed by atoms with E-state index in [1.165, 1.54) is 25.3 Å². The number of rotatable bonds is 5. The van der Waals surface area contributed by atoms with Gasteiger partial charge in [-0.3, -0.25) is 14.4 Å². The number of Topliss-reactive ketones (excluding diaryl/α,β-unsaturated/α-hetero) is 1. The Morgan fingerprint density at radius 3 is 2.58 bits per heavy atom. The van der Waals surface area contributed by atoms with E-state index in [2.05, 4.69) is 0 Å². The van der Waals surface area contributed by atoms with E-state index < -0.39 is 46.9 Å². The van der Waals surface area contributed by atoms with Crippen molar-refractivity contribution in [2.24, 2.45) is 5.92 Å². The minimum atomic E-state index is -2.01. The first kappa shape index (κ1) is 24.6. The number of hydrogen-bond donors (Lipinski definition) is 2. The summed E-state index contributed by atoms with van der Waals surface area (Å²) >= 11 is 0. The molecule has 2 N–H and O–H groups in total. The van der Waals surface area contributed by atoms with Crippen LogP contribution in [0.15, 0.2) is 47.3 Å². The summed E-state index contributed by atoms with van der Waals surface area (Å²) in [7, 11) is 0. The average molecular weight is 460 g/mol. The highest BCUT2D eigenvalue weighted by Crippen LogP contribution is 2.49. The molecule has 178 valence electrons. The highest BCUT2D eigenvalue weighted by Gasteiger charge is 2.59. The van der Waals surface area contributed by atoms with Gasteiger partial charge in [0.15, 0.2) is 0 Å². The fourth-order valence-electron chi connectivity index (χ4n) is 4.43. The van der Waals surface area contributed by atoms with E-state index in [9.17, 15) is 24.3 Å². The molecule has 1 fully saturated rings. The number of hydrogen-bond acceptors (Lipinski definition) is 8. The van der Waals surface area contributed by atoms with Crippen LogP contribution in [0.2, 0.25) is 0 Å². The summed E-state index contributed by atoms with van der Waals surface area (Å²) in [6.07, 6.45) is 6.46. The van der Waals surface area contributed by atoms with Gasteiger partial charge in [-0.1, -0.05) is 17.7 Å². The Hall–Kier alpha value is -3.04. The van der Waals surface area contributed by atoms with E-state index >= 15 is 0 Å². The standard InChI is InChI=1S/C24H28O9/c1-13(6-10-21(28)29)5-8-18-16-11-20(27)23(4,33-15(3)25)22(30)17(16)12-31-24(18)19(26)9-7-14(2)32-24/h5-6,10-12,14,18-19,26H,7-9H2,1-4H3,(H,28,29)/b10-6+,13-5+/t14-,18+,19+,23-,24+/m0/s1. The molecule has 0 radical (unpaired) electrons. The molecular formula is C24H28O9. The number of carboxylic acids is 1. The summed E-state index contributed by atoms with van der Waals surface area (Å²) in [5.41, 5.74) is -0.995. The minimum absolute atomic E-state index is 0.0649. The zero-order chi connectivity index (χ0) is 24.6. The first-order valence-corrected chi connectivity index (χ1v) is 10.7. The van der Waals surface area contributed by atoms with Crippen molar-refractivity contribution in [2.45, 2.75) is 70.6 Å². The molecule has 0 aromatic heterocycles. The Labute approximate surface area is 191 Å². The largest absolute Gasteiger partial charge is 0.478 e. The second-order valence-corrected chi connectivity index (χ2v) is 8.72. The van der Waals surface area contributed by atoms with Crippen LogP contribution in [0.25, 0.3) is 0 Å². The Kier molecular flexibility index (Phi) is 6.76. The zero-order valence-corrected chi connectivity index (χ0v) is 19.0. The molecule has 0 aromatic carbocycles. The number of ketones is 2. The normalized spacial score (nSPS) is 34.5. The maximum atomic E-state index is 13.2. The van der Waals surface area contributed by atoms with Crippen LogP contribution < -0.4 is 0 Å². The van der Waals surface area contributed by atoms with Crippen molar-refractivity contribution in [3.05, 3.63) is 47.3 Å². The number of allylic oxidation sites excluding steroid dienone is 3. The van der Waals surface area contributed by atoms with Gasteiger partial charge in [-0.15, -0.1) is 0 Å². The number of carbonyl (C=O) groups excluding carboxylic acids is 3. The van der Waals surface area contributed by atoms with Gasteiger partial charge >= 0.3 is 11.9 Å². The van der Waals surface area contributed by atoms with Crippen LogP contribution in [0.3, 0.4) is 0 Å². The van der Waals surface area contributed by atoms with Gasteiger partial charge in [0.1, 0.15) is 6.10 Å². The summed E-state index contributed by atoms with van der Waals surface area (Å²) < 4.78 is 17.1. The van der Waals surface area contributed by atoms with Crippen LogP contribution in [0, 0.1) is 5.92 Å². The quantitative estimate of drug-likeness (QED) is 0.274. The smallest absolute Gasteiger partial charge is 0.328 e. The molecule has 5 atom stereocenters. The molecule has 0 unspecified atom stereocenters. The molecule has 0 amide bonds. The highest BCUT2D eigenvalue weighted by atomic mass is 16.7. The van der Waals surface area contributed by atoms with Crippen LogP contribution in [-0.2, 0) is 33.4 Å². The van der Waals surface area contributed by atoms with E-state index in [4.69, 9.17) is 19.3 Å². The lowest BCUT2D eigenvalue weighted by Gasteiger charge is -2.51. The average Bonchev–Trinajstić information content (AvgIpc) is 2.72. The number of carbonyl (C=O) groups is 4. The van der Waals surface area contributed by atoms with E-state index in [-0.39, 0.29) is 18.1 Å². The summed E-state index contributed by atoms with van der Waals surface area (Å²) in [4.78, 5) is 48.5. The zero-order valence-electron chi connectivity index (χ0n) is 19.0. The first-order chi connectivity index (χ1) is 15.4. The Balaban J connectivity index is 2.08. The monoisotopic (exact) mass is 460 g/mol. The van der Waals surface area contributed by atoms with E-state index in [1.807, 2.05) is 6.92 Å². The van der Waals surface area contributed by atoms with E-state index in [1.54, 1.807) is 13.0 Å². The van der Waals surface area contributed by atoms with Gasteiger partial charge in [0, 0.05) is 13.0 Å². The number of ether oxygens (including phenoxy) is 3. The third-order valence-electron chi connectivity index (χ3n) is 6.18. The van der Waals surface area contributed by atoms with Gasteiger partial charge in [0.05, 0.1) is 23.9 Å². The van der Waals surface area contributed by atoms with E-state index in [0.29, 0.717) is 24.0 Å². The molecule has 3 rings (SSSR count). The molecule has 0 aromatic rings. The molecule has 2 heterocycles. The highest BCUT2D eigenvalue weighted by molar-refractivity contribution is 6.26. The molecule has 0 saturated carbocycles. The van der Waals surface area contributed by atoms with Crippen molar-refractivity contribution in [1.82, 2.24) is 0 Å². The molecule has 1 spiro atoms. The second kappa shape index (κ2) is 9.07. The molecule has 9 heteroatoms. The maximum Gasteiger partial charge on any atom is 0.328 e. The van der Waals surface area contributed by atoms with Gasteiger partial charge in [0.2, 0.25) is 23.0 Å². The lowest BCUT2D eigenvalue weighted by molar-refractivity contribution is -0.320. The number of aliphatic hydroxyl groups excluding tert-OH is 1. The van der Waals surface area contributed by atoms with Crippen molar-refractivity contribution >= 4 is 23.5 Å². The molecule has 1 saturated heterocycles. The number of aliphatic hydroxyl groups is 1. The predicted octanol–water partition coefficient (Wildman–Crippen LogP) is 2.15. The van der Waals surface area contributed by atoms with Crippen molar-refractivity contribution in [1.29, 1.82) is 0 Å². The van der Waals surface area contributed by atoms with Gasteiger partial charge in [-0.25, -0.2) is 4.79 Å². The topological polar surface area (TPSA) is 136 Å². The van der Waals surface area contributed by atoms with Crippen LogP contribution in [0.4, 0.5) is 0 Å². The number of esters is 1. The Morgan fingerprint density at radius 2 is 1.94 bits per heavy atom. The van der Waals surface area contributed by atoms with Gasteiger partial charge in [0.25, 0.3) is 0 Å². The molecule has 9 nitrogen and oxygen atoms in total. The third kappa shape index (κ3) is 4.56.